The highest BCUT2D eigenvalue weighted by Crippen LogP contribution is 2.25. The Morgan fingerprint density at radius 2 is 1.92 bits per heavy atom. The molecule has 3 N–H and O–H groups in total. The van der Waals surface area contributed by atoms with Gasteiger partial charge in [0.1, 0.15) is 10.7 Å². The Kier molecular flexibility index (Phi) is 9.54. The van der Waals surface area contributed by atoms with Gasteiger partial charge < -0.3 is 11.1 Å². The third-order valence-electron chi connectivity index (χ3n) is 4.46. The molecule has 26 heavy (non-hydrogen) atoms. The molecule has 2 heterocycles. The summed E-state index contributed by atoms with van der Waals surface area (Å²) in [5.41, 5.74) is 8.53. The summed E-state index contributed by atoms with van der Waals surface area (Å²) < 4.78 is 0. The molecule has 0 aliphatic carbocycles. The lowest BCUT2D eigenvalue weighted by Crippen LogP contribution is -2.37. The van der Waals surface area contributed by atoms with E-state index in [9.17, 15) is 4.79 Å². The van der Waals surface area contributed by atoms with Crippen molar-refractivity contribution in [2.75, 3.05) is 19.6 Å². The van der Waals surface area contributed by atoms with Crippen molar-refractivity contribution >= 4 is 42.1 Å². The van der Waals surface area contributed by atoms with Crippen LogP contribution >= 0.6 is 36.2 Å². The summed E-state index contributed by atoms with van der Waals surface area (Å²) in [4.78, 5) is 19.1. The molecule has 1 atom stereocenters. The Morgan fingerprint density at radius 1 is 1.27 bits per heavy atom. The van der Waals surface area contributed by atoms with Gasteiger partial charge in [-0.2, -0.15) is 0 Å². The normalized spacial score (nSPS) is 15.0. The molecule has 1 saturated heterocycles. The van der Waals surface area contributed by atoms with Crippen LogP contribution < -0.4 is 11.1 Å². The first-order valence-corrected chi connectivity index (χ1v) is 9.28. The third kappa shape index (κ3) is 5.66. The number of likely N-dealkylation sites (tertiary alicyclic amines) is 1. The summed E-state index contributed by atoms with van der Waals surface area (Å²) in [7, 11) is 0. The number of nitrogens with one attached hydrogen (secondary N) is 1. The molecule has 3 rings (SSSR count). The number of amides is 1. The van der Waals surface area contributed by atoms with Gasteiger partial charge in [-0.3, -0.25) is 9.69 Å². The Hall–Kier alpha value is -1.18. The van der Waals surface area contributed by atoms with Crippen LogP contribution in [0.4, 0.5) is 0 Å². The van der Waals surface area contributed by atoms with Crippen LogP contribution in [0.25, 0.3) is 0 Å². The first-order valence-electron chi connectivity index (χ1n) is 8.40. The summed E-state index contributed by atoms with van der Waals surface area (Å²) in [5, 5.41) is 5.61. The van der Waals surface area contributed by atoms with Crippen LogP contribution in [-0.4, -0.2) is 35.4 Å². The molecule has 0 radical (unpaired) electrons. The van der Waals surface area contributed by atoms with Crippen LogP contribution in [0.5, 0.6) is 0 Å². The van der Waals surface area contributed by atoms with Crippen LogP contribution in [0.15, 0.2) is 29.6 Å². The minimum absolute atomic E-state index is 0. The number of rotatable bonds is 6. The minimum atomic E-state index is -0.123. The fraction of sp³-hybridized carbons (Fsp3) is 0.444. The van der Waals surface area contributed by atoms with Crippen molar-refractivity contribution in [3.8, 4) is 0 Å². The van der Waals surface area contributed by atoms with Crippen LogP contribution in [0.3, 0.4) is 0 Å². The number of carbonyl (C=O) groups is 1. The zero-order valence-electron chi connectivity index (χ0n) is 14.8. The van der Waals surface area contributed by atoms with E-state index in [4.69, 9.17) is 5.73 Å². The quantitative estimate of drug-likeness (QED) is 0.757. The molecule has 8 heteroatoms. The molecule has 144 valence electrons. The fourth-order valence-corrected chi connectivity index (χ4v) is 3.74. The van der Waals surface area contributed by atoms with E-state index in [1.54, 1.807) is 5.38 Å². The first-order chi connectivity index (χ1) is 11.7. The van der Waals surface area contributed by atoms with Crippen molar-refractivity contribution < 1.29 is 4.79 Å². The maximum Gasteiger partial charge on any atom is 0.270 e. The van der Waals surface area contributed by atoms with Crippen LogP contribution in [0, 0.1) is 6.92 Å². The van der Waals surface area contributed by atoms with Crippen molar-refractivity contribution in [3.63, 3.8) is 0 Å². The largest absolute Gasteiger partial charge is 0.349 e. The lowest BCUT2D eigenvalue weighted by molar-refractivity contribution is 0.0933. The van der Waals surface area contributed by atoms with E-state index in [1.807, 2.05) is 0 Å². The highest BCUT2D eigenvalue weighted by Gasteiger charge is 2.24. The smallest absolute Gasteiger partial charge is 0.270 e. The Bertz CT molecular complexity index is 687. The third-order valence-corrected chi connectivity index (χ3v) is 5.33. The van der Waals surface area contributed by atoms with Gasteiger partial charge in [-0.1, -0.05) is 29.8 Å². The van der Waals surface area contributed by atoms with E-state index in [0.717, 1.165) is 18.1 Å². The number of hydrogen-bond acceptors (Lipinski definition) is 5. The number of thiazole rings is 1. The molecule has 1 aromatic carbocycles. The van der Waals surface area contributed by atoms with Crippen LogP contribution in [0.2, 0.25) is 0 Å². The summed E-state index contributed by atoms with van der Waals surface area (Å²) >= 11 is 1.43. The Balaban J connectivity index is 0.00000169. The van der Waals surface area contributed by atoms with Crippen molar-refractivity contribution in [3.05, 3.63) is 51.5 Å². The predicted octanol–water partition coefficient (Wildman–Crippen LogP) is 3.32. The number of aromatic nitrogens is 1. The number of aryl methyl sites for hydroxylation is 1. The van der Waals surface area contributed by atoms with Crippen LogP contribution in [0.1, 0.15) is 45.5 Å². The zero-order valence-corrected chi connectivity index (χ0v) is 17.3. The number of benzene rings is 1. The molecule has 1 unspecified atom stereocenters. The Labute approximate surface area is 171 Å². The second kappa shape index (κ2) is 10.8. The van der Waals surface area contributed by atoms with Gasteiger partial charge in [0.15, 0.2) is 0 Å². The molecule has 1 aromatic heterocycles. The van der Waals surface area contributed by atoms with Gasteiger partial charge in [0.2, 0.25) is 0 Å². The summed E-state index contributed by atoms with van der Waals surface area (Å²) in [6, 6.07) is 8.81. The maximum atomic E-state index is 12.4. The van der Waals surface area contributed by atoms with E-state index in [1.165, 1.54) is 35.3 Å². The summed E-state index contributed by atoms with van der Waals surface area (Å²) in [5.74, 6) is -0.123. The van der Waals surface area contributed by atoms with Gasteiger partial charge in [0.25, 0.3) is 5.91 Å². The number of nitrogens with two attached hydrogens (primary N) is 1. The molecular weight excluding hydrogens is 391 g/mol. The molecule has 1 fully saturated rings. The summed E-state index contributed by atoms with van der Waals surface area (Å²) in [6.07, 6.45) is 2.45. The average Bonchev–Trinajstić information content (AvgIpc) is 3.28. The van der Waals surface area contributed by atoms with Crippen LogP contribution in [-0.2, 0) is 6.54 Å². The van der Waals surface area contributed by atoms with Gasteiger partial charge in [-0.15, -0.1) is 36.2 Å². The highest BCUT2D eigenvalue weighted by molar-refractivity contribution is 7.09. The van der Waals surface area contributed by atoms with E-state index >= 15 is 0 Å². The lowest BCUT2D eigenvalue weighted by atomic mass is 10.0. The lowest BCUT2D eigenvalue weighted by Gasteiger charge is -2.28. The molecular formula is C18H26Cl2N4OS. The molecule has 0 spiro atoms. The van der Waals surface area contributed by atoms with Crippen molar-refractivity contribution in [1.82, 2.24) is 15.2 Å². The van der Waals surface area contributed by atoms with Gasteiger partial charge in [0, 0.05) is 18.5 Å². The molecule has 1 amide bonds. The highest BCUT2D eigenvalue weighted by atomic mass is 35.5. The predicted molar refractivity (Wildman–Crippen MR) is 112 cm³/mol. The molecule has 0 bridgehead atoms. The van der Waals surface area contributed by atoms with E-state index in [2.05, 4.69) is 46.4 Å². The zero-order chi connectivity index (χ0) is 16.9. The average molecular weight is 417 g/mol. The van der Waals surface area contributed by atoms with Gasteiger partial charge in [-0.25, -0.2) is 4.98 Å². The van der Waals surface area contributed by atoms with Crippen molar-refractivity contribution in [1.29, 1.82) is 0 Å². The van der Waals surface area contributed by atoms with Gasteiger partial charge in [0.05, 0.1) is 6.04 Å². The maximum absolute atomic E-state index is 12.4. The van der Waals surface area contributed by atoms with Crippen molar-refractivity contribution in [2.45, 2.75) is 32.4 Å². The monoisotopic (exact) mass is 416 g/mol. The standard InChI is InChI=1S/C18H24N4OS.2ClH/c1-13-4-6-14(7-5-13)16(22-8-2-3-9-22)11-20-18(23)15-12-24-17(10-19)21-15;;/h4-7,12,16H,2-3,8-11,19H2,1H3,(H,20,23);2*1H. The van der Waals surface area contributed by atoms with Crippen molar-refractivity contribution in [2.24, 2.45) is 5.73 Å². The van der Waals surface area contributed by atoms with E-state index in [0.29, 0.717) is 18.8 Å². The topological polar surface area (TPSA) is 71.2 Å². The second-order valence-electron chi connectivity index (χ2n) is 6.21. The fourth-order valence-electron chi connectivity index (χ4n) is 3.09. The number of carbonyl (C=O) groups excluding carboxylic acids is 1. The van der Waals surface area contributed by atoms with E-state index in [-0.39, 0.29) is 36.8 Å². The molecule has 2 aromatic rings. The minimum Gasteiger partial charge on any atom is -0.349 e. The number of hydrogen-bond donors (Lipinski definition) is 2. The van der Waals surface area contributed by atoms with Gasteiger partial charge >= 0.3 is 0 Å². The van der Waals surface area contributed by atoms with Gasteiger partial charge in [-0.05, 0) is 38.4 Å². The number of halogens is 2. The molecule has 0 saturated carbocycles. The number of nitrogens with zero attached hydrogens (tertiary/aromatic N) is 2. The van der Waals surface area contributed by atoms with E-state index < -0.39 is 0 Å². The second-order valence-corrected chi connectivity index (χ2v) is 7.15. The molecule has 5 nitrogen and oxygen atoms in total. The SMILES string of the molecule is Cc1ccc(C(CNC(=O)c2csc(CN)n2)N2CCCC2)cc1.Cl.Cl. The molecule has 1 aliphatic rings. The molecule has 1 aliphatic heterocycles. The Morgan fingerprint density at radius 3 is 2.50 bits per heavy atom. The summed E-state index contributed by atoms with van der Waals surface area (Å²) in [6.45, 7) is 5.23. The first kappa shape index (κ1) is 22.9.